The van der Waals surface area contributed by atoms with E-state index in [9.17, 15) is 13.2 Å². The molecule has 1 aromatic rings. The van der Waals surface area contributed by atoms with Gasteiger partial charge in [0.1, 0.15) is 0 Å². The predicted octanol–water partition coefficient (Wildman–Crippen LogP) is 2.03. The molecular formula is C16H25ClN2O3S. The molecule has 7 heteroatoms. The van der Waals surface area contributed by atoms with Gasteiger partial charge in [-0.15, -0.1) is 12.4 Å². The van der Waals surface area contributed by atoms with Crippen LogP contribution in [-0.2, 0) is 14.6 Å². The van der Waals surface area contributed by atoms with Crippen LogP contribution in [0.25, 0.3) is 0 Å². The van der Waals surface area contributed by atoms with E-state index in [4.69, 9.17) is 0 Å². The molecule has 0 aromatic heterocycles. The van der Waals surface area contributed by atoms with E-state index in [1.54, 1.807) is 29.2 Å². The van der Waals surface area contributed by atoms with Gasteiger partial charge in [0.2, 0.25) is 5.91 Å². The maximum Gasteiger partial charge on any atom is 0.227 e. The Morgan fingerprint density at radius 1 is 1.30 bits per heavy atom. The summed E-state index contributed by atoms with van der Waals surface area (Å²) in [5.41, 5.74) is 0.937. The Morgan fingerprint density at radius 2 is 1.91 bits per heavy atom. The summed E-state index contributed by atoms with van der Waals surface area (Å²) in [4.78, 5) is 14.6. The second-order valence-corrected chi connectivity index (χ2v) is 8.03. The minimum Gasteiger partial charge on any atom is -0.339 e. The number of sulfone groups is 1. The Bertz CT molecular complexity index is 625. The zero-order valence-corrected chi connectivity index (χ0v) is 15.4. The summed E-state index contributed by atoms with van der Waals surface area (Å²) < 4.78 is 23.0. The molecule has 130 valence electrons. The average Bonchev–Trinajstić information content (AvgIpc) is 2.53. The van der Waals surface area contributed by atoms with Crippen molar-refractivity contribution >= 4 is 28.2 Å². The molecule has 2 rings (SSSR count). The van der Waals surface area contributed by atoms with Gasteiger partial charge in [0.05, 0.1) is 16.9 Å². The molecule has 0 saturated carbocycles. The summed E-state index contributed by atoms with van der Waals surface area (Å²) in [5, 5.41) is 3.26. The van der Waals surface area contributed by atoms with Gasteiger partial charge in [-0.05, 0) is 44.0 Å². The molecule has 1 saturated heterocycles. The standard InChI is InChI=1S/C16H24N2O3S.ClH/c1-12(13-6-8-15(9-7-13)22(3,20)21)18(2)16(19)14-5-4-10-17-11-14;/h6-9,12,14,17H,4-5,10-11H2,1-3H3;1H. The predicted molar refractivity (Wildman–Crippen MR) is 93.6 cm³/mol. The van der Waals surface area contributed by atoms with Gasteiger partial charge in [0.25, 0.3) is 0 Å². The highest BCUT2D eigenvalue weighted by atomic mass is 35.5. The third kappa shape index (κ3) is 4.93. The Balaban J connectivity index is 0.00000264. The first-order valence-corrected chi connectivity index (χ1v) is 9.47. The highest BCUT2D eigenvalue weighted by Crippen LogP contribution is 2.23. The van der Waals surface area contributed by atoms with Crippen LogP contribution in [0.2, 0.25) is 0 Å². The van der Waals surface area contributed by atoms with Crippen molar-refractivity contribution in [2.24, 2.45) is 5.92 Å². The Labute approximate surface area is 144 Å². The van der Waals surface area contributed by atoms with Crippen LogP contribution in [0.5, 0.6) is 0 Å². The van der Waals surface area contributed by atoms with Crippen LogP contribution >= 0.6 is 12.4 Å². The lowest BCUT2D eigenvalue weighted by molar-refractivity contribution is -0.136. The van der Waals surface area contributed by atoms with E-state index in [-0.39, 0.29) is 30.3 Å². The number of amides is 1. The second-order valence-electron chi connectivity index (χ2n) is 6.01. The molecule has 1 amide bonds. The Morgan fingerprint density at radius 3 is 2.39 bits per heavy atom. The fourth-order valence-electron chi connectivity index (χ4n) is 2.76. The maximum absolute atomic E-state index is 12.5. The molecule has 23 heavy (non-hydrogen) atoms. The number of hydrogen-bond donors (Lipinski definition) is 1. The van der Waals surface area contributed by atoms with Gasteiger partial charge < -0.3 is 10.2 Å². The minimum atomic E-state index is -3.19. The molecule has 0 bridgehead atoms. The van der Waals surface area contributed by atoms with Crippen LogP contribution in [0.15, 0.2) is 29.2 Å². The number of nitrogens with one attached hydrogen (secondary N) is 1. The highest BCUT2D eigenvalue weighted by molar-refractivity contribution is 7.90. The van der Waals surface area contributed by atoms with Crippen molar-refractivity contribution in [3.05, 3.63) is 29.8 Å². The lowest BCUT2D eigenvalue weighted by atomic mass is 9.97. The van der Waals surface area contributed by atoms with E-state index in [1.165, 1.54) is 6.26 Å². The number of carbonyl (C=O) groups excluding carboxylic acids is 1. The molecule has 2 unspecified atom stereocenters. The molecule has 1 fully saturated rings. The van der Waals surface area contributed by atoms with Crippen molar-refractivity contribution in [2.75, 3.05) is 26.4 Å². The van der Waals surface area contributed by atoms with Crippen molar-refractivity contribution in [3.8, 4) is 0 Å². The summed E-state index contributed by atoms with van der Waals surface area (Å²) in [6.07, 6.45) is 3.15. The molecule has 0 radical (unpaired) electrons. The summed E-state index contributed by atoms with van der Waals surface area (Å²) >= 11 is 0. The molecule has 0 spiro atoms. The number of halogens is 1. The van der Waals surface area contributed by atoms with Gasteiger partial charge >= 0.3 is 0 Å². The third-order valence-electron chi connectivity index (χ3n) is 4.37. The summed E-state index contributed by atoms with van der Waals surface area (Å²) in [5.74, 6) is 0.184. The normalized spacial score (nSPS) is 19.5. The number of benzene rings is 1. The van der Waals surface area contributed by atoms with Gasteiger partial charge in [0.15, 0.2) is 9.84 Å². The van der Waals surface area contributed by atoms with E-state index < -0.39 is 9.84 Å². The van der Waals surface area contributed by atoms with Gasteiger partial charge in [0, 0.05) is 19.8 Å². The van der Waals surface area contributed by atoms with Crippen molar-refractivity contribution in [1.29, 1.82) is 0 Å². The quantitative estimate of drug-likeness (QED) is 0.892. The van der Waals surface area contributed by atoms with Gasteiger partial charge in [-0.2, -0.15) is 0 Å². The number of rotatable bonds is 4. The van der Waals surface area contributed by atoms with Crippen LogP contribution in [0.4, 0.5) is 0 Å². The van der Waals surface area contributed by atoms with Crippen LogP contribution in [0.1, 0.15) is 31.4 Å². The van der Waals surface area contributed by atoms with Crippen LogP contribution in [-0.4, -0.2) is 45.6 Å². The topological polar surface area (TPSA) is 66.5 Å². The second kappa shape index (κ2) is 8.13. The lowest BCUT2D eigenvalue weighted by Gasteiger charge is -2.31. The molecule has 1 aliphatic heterocycles. The SMILES string of the molecule is CC(c1ccc(S(C)(=O)=O)cc1)N(C)C(=O)C1CCCNC1.Cl. The molecule has 0 aliphatic carbocycles. The van der Waals surface area contributed by atoms with Crippen molar-refractivity contribution < 1.29 is 13.2 Å². The summed E-state index contributed by atoms with van der Waals surface area (Å²) in [7, 11) is -1.38. The van der Waals surface area contributed by atoms with E-state index in [0.29, 0.717) is 4.90 Å². The van der Waals surface area contributed by atoms with Gasteiger partial charge in [-0.1, -0.05) is 12.1 Å². The number of nitrogens with zero attached hydrogens (tertiary/aromatic N) is 1. The first-order chi connectivity index (χ1) is 10.3. The fraction of sp³-hybridized carbons (Fsp3) is 0.562. The van der Waals surface area contributed by atoms with Crippen molar-refractivity contribution in [3.63, 3.8) is 0 Å². The molecule has 1 aliphatic rings. The first-order valence-electron chi connectivity index (χ1n) is 7.58. The van der Waals surface area contributed by atoms with Crippen LogP contribution < -0.4 is 5.32 Å². The molecule has 1 N–H and O–H groups in total. The van der Waals surface area contributed by atoms with Gasteiger partial charge in [-0.3, -0.25) is 4.79 Å². The molecular weight excluding hydrogens is 336 g/mol. The Hall–Kier alpha value is -1.11. The van der Waals surface area contributed by atoms with Crippen LogP contribution in [0.3, 0.4) is 0 Å². The molecule has 1 aromatic carbocycles. The molecule has 1 heterocycles. The third-order valence-corrected chi connectivity index (χ3v) is 5.49. The van der Waals surface area contributed by atoms with E-state index >= 15 is 0 Å². The first kappa shape index (κ1) is 19.9. The zero-order valence-electron chi connectivity index (χ0n) is 13.8. The summed E-state index contributed by atoms with van der Waals surface area (Å²) in [6.45, 7) is 3.68. The lowest BCUT2D eigenvalue weighted by Crippen LogP contribution is -2.42. The Kier molecular flexibility index (Phi) is 7.04. The molecule has 2 atom stereocenters. The van der Waals surface area contributed by atoms with Gasteiger partial charge in [-0.25, -0.2) is 8.42 Å². The number of hydrogen-bond acceptors (Lipinski definition) is 4. The van der Waals surface area contributed by atoms with Crippen molar-refractivity contribution in [1.82, 2.24) is 10.2 Å². The minimum absolute atomic E-state index is 0. The fourth-order valence-corrected chi connectivity index (χ4v) is 3.39. The zero-order chi connectivity index (χ0) is 16.3. The number of carbonyl (C=O) groups is 1. The van der Waals surface area contributed by atoms with E-state index in [0.717, 1.165) is 31.5 Å². The van der Waals surface area contributed by atoms with Crippen LogP contribution in [0, 0.1) is 5.92 Å². The monoisotopic (exact) mass is 360 g/mol. The van der Waals surface area contributed by atoms with E-state index in [1.807, 2.05) is 14.0 Å². The largest absolute Gasteiger partial charge is 0.339 e. The highest BCUT2D eigenvalue weighted by Gasteiger charge is 2.27. The number of piperidine rings is 1. The maximum atomic E-state index is 12.5. The van der Waals surface area contributed by atoms with Crippen molar-refractivity contribution in [2.45, 2.75) is 30.7 Å². The van der Waals surface area contributed by atoms with E-state index in [2.05, 4.69) is 5.32 Å². The smallest absolute Gasteiger partial charge is 0.227 e. The molecule has 5 nitrogen and oxygen atoms in total. The summed E-state index contributed by atoms with van der Waals surface area (Å²) in [6, 6.07) is 6.68. The average molecular weight is 361 g/mol.